The molecule has 0 spiro atoms. The molecule has 1 unspecified atom stereocenters. The van der Waals surface area contributed by atoms with Crippen LogP contribution in [0.3, 0.4) is 0 Å². The van der Waals surface area contributed by atoms with E-state index in [0.29, 0.717) is 45.3 Å². The molecule has 2 heterocycles. The van der Waals surface area contributed by atoms with Crippen LogP contribution in [0.1, 0.15) is 87.2 Å². The smallest absolute Gasteiger partial charge is 0.262 e. The molecule has 0 saturated heterocycles. The van der Waals surface area contributed by atoms with Crippen LogP contribution in [0.5, 0.6) is 23.0 Å². The maximum atomic E-state index is 12.9. The number of hydrogen-bond donors (Lipinski definition) is 0. The van der Waals surface area contributed by atoms with Crippen molar-refractivity contribution in [2.24, 2.45) is 0 Å². The Labute approximate surface area is 272 Å². The fourth-order valence-corrected chi connectivity index (χ4v) is 6.23. The zero-order chi connectivity index (χ0) is 32.9. The van der Waals surface area contributed by atoms with Crippen LogP contribution in [-0.4, -0.2) is 51.1 Å². The van der Waals surface area contributed by atoms with E-state index in [9.17, 15) is 19.2 Å². The molecule has 0 aromatic heterocycles. The SMILES string of the molecule is CSC(C)N1C(=O)c2ccc(Oc3ccc(C(C)(C)c4ccc(Oc5ccc6c(c5)C(=O)N(C(C)C)C6=O)cc4)cc3)cc2C1=O. The molecule has 6 rings (SSSR count). The van der Waals surface area contributed by atoms with Crippen molar-refractivity contribution in [2.75, 3.05) is 6.26 Å². The second-order valence-corrected chi connectivity index (χ2v) is 13.3. The second kappa shape index (κ2) is 11.8. The van der Waals surface area contributed by atoms with Crippen molar-refractivity contribution in [3.63, 3.8) is 0 Å². The number of nitrogens with zero attached hydrogens (tertiary/aromatic N) is 2. The average molecular weight is 635 g/mol. The normalized spacial score (nSPS) is 15.0. The molecule has 4 aromatic rings. The molecule has 0 aliphatic carbocycles. The van der Waals surface area contributed by atoms with Crippen LogP contribution in [0.25, 0.3) is 0 Å². The number of imide groups is 2. The van der Waals surface area contributed by atoms with Gasteiger partial charge in [0.25, 0.3) is 23.6 Å². The monoisotopic (exact) mass is 634 g/mol. The van der Waals surface area contributed by atoms with E-state index in [1.807, 2.05) is 75.6 Å². The van der Waals surface area contributed by atoms with E-state index < -0.39 is 0 Å². The third-order valence-corrected chi connectivity index (χ3v) is 9.52. The van der Waals surface area contributed by atoms with Gasteiger partial charge in [-0.15, -0.1) is 11.8 Å². The molecule has 234 valence electrons. The van der Waals surface area contributed by atoms with E-state index in [0.717, 1.165) is 11.1 Å². The first-order valence-corrected chi connectivity index (χ1v) is 16.3. The van der Waals surface area contributed by atoms with Crippen molar-refractivity contribution in [1.82, 2.24) is 9.80 Å². The topological polar surface area (TPSA) is 93.2 Å². The van der Waals surface area contributed by atoms with Gasteiger partial charge in [-0.1, -0.05) is 38.1 Å². The van der Waals surface area contributed by atoms with Gasteiger partial charge in [0.1, 0.15) is 23.0 Å². The van der Waals surface area contributed by atoms with Gasteiger partial charge in [0.05, 0.1) is 27.6 Å². The molecular weight excluding hydrogens is 600 g/mol. The van der Waals surface area contributed by atoms with Crippen LogP contribution in [0.15, 0.2) is 84.9 Å². The van der Waals surface area contributed by atoms with E-state index in [1.54, 1.807) is 36.4 Å². The Bertz CT molecular complexity index is 1880. The fourth-order valence-electron chi connectivity index (χ4n) is 5.83. The maximum absolute atomic E-state index is 12.9. The summed E-state index contributed by atoms with van der Waals surface area (Å²) in [6.45, 7) is 9.73. The van der Waals surface area contributed by atoms with E-state index in [2.05, 4.69) is 13.8 Å². The van der Waals surface area contributed by atoms with Gasteiger partial charge in [0, 0.05) is 11.5 Å². The van der Waals surface area contributed by atoms with Crippen molar-refractivity contribution < 1.29 is 28.7 Å². The number of carbonyl (C=O) groups is 4. The number of ether oxygens (including phenoxy) is 2. The molecule has 0 bridgehead atoms. The predicted octanol–water partition coefficient (Wildman–Crippen LogP) is 7.91. The van der Waals surface area contributed by atoms with Gasteiger partial charge in [0.2, 0.25) is 0 Å². The van der Waals surface area contributed by atoms with Crippen molar-refractivity contribution in [3.05, 3.63) is 118 Å². The number of hydrogen-bond acceptors (Lipinski definition) is 7. The van der Waals surface area contributed by atoms with Crippen molar-refractivity contribution in [2.45, 2.75) is 51.4 Å². The Hall–Kier alpha value is -4.89. The Balaban J connectivity index is 1.13. The standard InChI is InChI=1S/C37H34N2O6S/c1-21(2)38-33(40)29-17-15-27(19-31(29)35(38)42)44-25-11-7-23(8-12-25)37(4,5)24-9-13-26(14-10-24)45-28-16-18-30-32(20-28)36(43)39(34(30)41)22(3)46-6/h7-22H,1-6H3. The largest absolute Gasteiger partial charge is 0.457 e. The third kappa shape index (κ3) is 5.34. The minimum Gasteiger partial charge on any atom is -0.457 e. The lowest BCUT2D eigenvalue weighted by molar-refractivity contribution is 0.0603. The highest BCUT2D eigenvalue weighted by Gasteiger charge is 2.39. The van der Waals surface area contributed by atoms with Crippen molar-refractivity contribution in [1.29, 1.82) is 0 Å². The zero-order valence-corrected chi connectivity index (χ0v) is 27.3. The number of fused-ring (bicyclic) bond motifs is 2. The summed E-state index contributed by atoms with van der Waals surface area (Å²) in [6, 6.07) is 25.3. The number of amides is 4. The summed E-state index contributed by atoms with van der Waals surface area (Å²) in [5.41, 5.74) is 3.30. The number of benzene rings is 4. The molecule has 1 atom stereocenters. The van der Waals surface area contributed by atoms with Gasteiger partial charge in [0.15, 0.2) is 0 Å². The highest BCUT2D eigenvalue weighted by molar-refractivity contribution is 7.99. The van der Waals surface area contributed by atoms with Gasteiger partial charge in [-0.05, 0) is 98.8 Å². The summed E-state index contributed by atoms with van der Waals surface area (Å²) < 4.78 is 12.1. The predicted molar refractivity (Wildman–Crippen MR) is 177 cm³/mol. The number of thioether (sulfide) groups is 1. The first kappa shape index (κ1) is 31.1. The lowest BCUT2D eigenvalue weighted by Crippen LogP contribution is -2.35. The quantitative estimate of drug-likeness (QED) is 0.173. The summed E-state index contributed by atoms with van der Waals surface area (Å²) in [5.74, 6) is 1.02. The van der Waals surface area contributed by atoms with Crippen molar-refractivity contribution >= 4 is 35.4 Å². The number of carbonyl (C=O) groups excluding carboxylic acids is 4. The van der Waals surface area contributed by atoms with E-state index in [4.69, 9.17) is 9.47 Å². The highest BCUT2D eigenvalue weighted by atomic mass is 32.2. The van der Waals surface area contributed by atoms with Gasteiger partial charge < -0.3 is 9.47 Å². The lowest BCUT2D eigenvalue weighted by atomic mass is 9.78. The van der Waals surface area contributed by atoms with E-state index >= 15 is 0 Å². The minimum absolute atomic E-state index is 0.221. The molecule has 46 heavy (non-hydrogen) atoms. The summed E-state index contributed by atoms with van der Waals surface area (Å²) in [4.78, 5) is 53.6. The molecule has 0 fully saturated rings. The van der Waals surface area contributed by atoms with Crippen LogP contribution in [0, 0.1) is 0 Å². The Kier molecular flexibility index (Phi) is 7.98. The van der Waals surface area contributed by atoms with Crippen LogP contribution in [0.2, 0.25) is 0 Å². The van der Waals surface area contributed by atoms with E-state index in [1.165, 1.54) is 21.6 Å². The Morgan fingerprint density at radius 2 is 0.913 bits per heavy atom. The Morgan fingerprint density at radius 3 is 1.33 bits per heavy atom. The summed E-state index contributed by atoms with van der Waals surface area (Å²) in [6.07, 6.45) is 1.87. The molecule has 0 N–H and O–H groups in total. The van der Waals surface area contributed by atoms with Gasteiger partial charge in [-0.25, -0.2) is 0 Å². The Morgan fingerprint density at radius 1 is 0.543 bits per heavy atom. The molecule has 9 heteroatoms. The van der Waals surface area contributed by atoms with Gasteiger partial charge in [-0.3, -0.25) is 29.0 Å². The molecule has 2 aliphatic rings. The minimum atomic E-state index is -0.338. The summed E-state index contributed by atoms with van der Waals surface area (Å²) in [7, 11) is 0. The van der Waals surface area contributed by atoms with Gasteiger partial charge in [-0.2, -0.15) is 0 Å². The van der Waals surface area contributed by atoms with Crippen LogP contribution in [0.4, 0.5) is 0 Å². The fraction of sp³-hybridized carbons (Fsp3) is 0.243. The first-order chi connectivity index (χ1) is 21.9. The van der Waals surface area contributed by atoms with Gasteiger partial charge >= 0.3 is 0 Å². The van der Waals surface area contributed by atoms with Crippen LogP contribution >= 0.6 is 11.8 Å². The van der Waals surface area contributed by atoms with Crippen molar-refractivity contribution in [3.8, 4) is 23.0 Å². The number of rotatable bonds is 9. The maximum Gasteiger partial charge on any atom is 0.262 e. The molecule has 4 aromatic carbocycles. The molecule has 4 amide bonds. The first-order valence-electron chi connectivity index (χ1n) is 15.0. The molecule has 2 aliphatic heterocycles. The summed E-state index contributed by atoms with van der Waals surface area (Å²) in [5, 5.41) is -0.253. The van der Waals surface area contributed by atoms with Crippen LogP contribution in [-0.2, 0) is 5.41 Å². The van der Waals surface area contributed by atoms with E-state index in [-0.39, 0.29) is 40.5 Å². The second-order valence-electron chi connectivity index (χ2n) is 12.2. The van der Waals surface area contributed by atoms with Crippen LogP contribution < -0.4 is 9.47 Å². The lowest BCUT2D eigenvalue weighted by Gasteiger charge is -2.26. The molecule has 0 saturated carbocycles. The zero-order valence-electron chi connectivity index (χ0n) is 26.5. The third-order valence-electron chi connectivity index (χ3n) is 8.62. The highest BCUT2D eigenvalue weighted by Crippen LogP contribution is 2.37. The summed E-state index contributed by atoms with van der Waals surface area (Å²) >= 11 is 1.44. The average Bonchev–Trinajstić information content (AvgIpc) is 3.44. The molecular formula is C37H34N2O6S. The molecule has 0 radical (unpaired) electrons. The molecule has 8 nitrogen and oxygen atoms in total.